The molecule has 0 aromatic rings. The van der Waals surface area contributed by atoms with Gasteiger partial charge >= 0.3 is 23.1 Å². The van der Waals surface area contributed by atoms with Crippen molar-refractivity contribution in [2.24, 2.45) is 0 Å². The summed E-state index contributed by atoms with van der Waals surface area (Å²) in [7, 11) is -2.28. The van der Waals surface area contributed by atoms with Crippen LogP contribution in [0.4, 0.5) is 0 Å². The fourth-order valence-electron chi connectivity index (χ4n) is 0. The maximum atomic E-state index is 8.81. The normalized spacial score (nSPS) is 7.00. The molecule has 0 aromatic heterocycles. The van der Waals surface area contributed by atoms with E-state index in [1.807, 2.05) is 0 Å². The van der Waals surface area contributed by atoms with Crippen molar-refractivity contribution in [3.63, 3.8) is 0 Å². The van der Waals surface area contributed by atoms with Gasteiger partial charge in [-0.05, 0) is 0 Å². The first-order valence-corrected chi connectivity index (χ1v) is 2.50. The molecule has 0 aliphatic carbocycles. The number of rotatable bonds is 0. The molecule has 0 N–H and O–H groups in total. The van der Waals surface area contributed by atoms with Crippen molar-refractivity contribution >= 4 is 44.3 Å². The largest absolute Gasteiger partial charge is 2.00 e. The molecule has 0 heterocycles. The Morgan fingerprint density at radius 1 is 1.40 bits per heavy atom. The monoisotopic (exact) mass is 120 g/mol. The zero-order valence-electron chi connectivity index (χ0n) is 2.34. The molecule has 0 aliphatic heterocycles. The van der Waals surface area contributed by atoms with Crippen LogP contribution in [-0.2, 0) is 21.2 Å². The maximum absolute atomic E-state index is 8.81. The van der Waals surface area contributed by atoms with Gasteiger partial charge in [-0.15, -0.1) is 0 Å². The van der Waals surface area contributed by atoms with Gasteiger partial charge in [-0.2, -0.15) is 0 Å². The van der Waals surface area contributed by atoms with Crippen LogP contribution in [-0.4, -0.2) is 32.2 Å². The van der Waals surface area contributed by atoms with Crippen LogP contribution in [0.5, 0.6) is 0 Å². The van der Waals surface area contributed by atoms with E-state index < -0.39 is 10.0 Å². The summed E-state index contributed by atoms with van der Waals surface area (Å²) in [4.78, 5) is 0. The molecule has 0 aliphatic rings. The topological polar surface area (TPSA) is 46.1 Å². The molecular weight excluding hydrogens is 120 g/mol. The Bertz CT molecular complexity index is 30.6. The van der Waals surface area contributed by atoms with Crippen LogP contribution < -0.4 is 0 Å². The van der Waals surface area contributed by atoms with Crippen molar-refractivity contribution in [3.8, 4) is 0 Å². The molecule has 0 bridgehead atoms. The summed E-state index contributed by atoms with van der Waals surface area (Å²) in [6, 6.07) is 0. The first-order chi connectivity index (χ1) is 1.73. The van der Waals surface area contributed by atoms with E-state index in [0.29, 0.717) is 0 Å². The third-order valence-corrected chi connectivity index (χ3v) is 0. The molecule has 5 heteroatoms. The van der Waals surface area contributed by atoms with Gasteiger partial charge in [-0.1, -0.05) is 11.2 Å². The Labute approximate surface area is 53.4 Å². The molecule has 2 nitrogen and oxygen atoms in total. The molecule has 0 rings (SSSR count). The van der Waals surface area contributed by atoms with Gasteiger partial charge in [-0.25, -0.2) is 0 Å². The van der Waals surface area contributed by atoms with Gasteiger partial charge in [-0.3, -0.25) is 0 Å². The fourth-order valence-corrected chi connectivity index (χ4v) is 0. The molecule has 26 valence electrons. The van der Waals surface area contributed by atoms with Crippen LogP contribution in [0.3, 0.4) is 0 Å². The predicted molar refractivity (Wildman–Crippen MR) is 22.0 cm³/mol. The Morgan fingerprint density at radius 3 is 1.40 bits per heavy atom. The fraction of sp³-hybridized carbons (Fsp3) is 0. The Balaban J connectivity index is 0. The quantitative estimate of drug-likeness (QED) is 0.383. The Morgan fingerprint density at radius 2 is 1.40 bits per heavy atom. The molecule has 0 amide bonds. The molecule has 0 aromatic carbocycles. The molecular formula is MgO2S2. The smallest absolute Gasteiger partial charge is 0.806 e. The summed E-state index contributed by atoms with van der Waals surface area (Å²) in [6.07, 6.45) is 0. The van der Waals surface area contributed by atoms with E-state index in [0.717, 1.165) is 0 Å². The van der Waals surface area contributed by atoms with Gasteiger partial charge in [0.15, 0.2) is 0 Å². The first-order valence-electron chi connectivity index (χ1n) is 0.500. The van der Waals surface area contributed by atoms with Gasteiger partial charge in [0.2, 0.25) is 0 Å². The van der Waals surface area contributed by atoms with Crippen molar-refractivity contribution in [1.29, 1.82) is 0 Å². The molecule has 0 fully saturated rings. The third kappa shape index (κ3) is 35.3. The van der Waals surface area contributed by atoms with Crippen molar-refractivity contribution in [1.82, 2.24) is 0 Å². The molecule has 5 heavy (non-hydrogen) atoms. The van der Waals surface area contributed by atoms with Gasteiger partial charge in [0.1, 0.15) is 0 Å². The van der Waals surface area contributed by atoms with Crippen LogP contribution in [0.2, 0.25) is 0 Å². The van der Waals surface area contributed by atoms with E-state index in [1.165, 1.54) is 0 Å². The zero-order valence-corrected chi connectivity index (χ0v) is 5.39. The van der Waals surface area contributed by atoms with Crippen molar-refractivity contribution in [2.45, 2.75) is 0 Å². The summed E-state index contributed by atoms with van der Waals surface area (Å²) in [5, 5.41) is 0. The van der Waals surface area contributed by atoms with Crippen LogP contribution in [0.15, 0.2) is 0 Å². The molecule has 0 unspecified atom stereocenters. The van der Waals surface area contributed by atoms with Crippen LogP contribution in [0, 0.1) is 0 Å². The van der Waals surface area contributed by atoms with E-state index in [4.69, 9.17) is 9.11 Å². The van der Waals surface area contributed by atoms with Crippen LogP contribution in [0.25, 0.3) is 0 Å². The molecule has 0 saturated carbocycles. The van der Waals surface area contributed by atoms with Gasteiger partial charge in [0.05, 0.1) is 0 Å². The molecule has 0 atom stereocenters. The second kappa shape index (κ2) is 5.26. The van der Waals surface area contributed by atoms with Gasteiger partial charge < -0.3 is 19.1 Å². The summed E-state index contributed by atoms with van der Waals surface area (Å²) in [5.74, 6) is 0. The average molecular weight is 120 g/mol. The zero-order chi connectivity index (χ0) is 3.58. The van der Waals surface area contributed by atoms with E-state index in [-0.39, 0.29) is 23.1 Å². The standard InChI is InChI=1S/Mg.H2O2S2/c;1-4(2)3/h;(H2,1,2,3)/q+2;/p-2. The van der Waals surface area contributed by atoms with E-state index in [2.05, 4.69) is 11.2 Å². The van der Waals surface area contributed by atoms with Crippen molar-refractivity contribution in [3.05, 3.63) is 0 Å². The van der Waals surface area contributed by atoms with E-state index >= 15 is 0 Å². The number of hydrogen-bond acceptors (Lipinski definition) is 3. The summed E-state index contributed by atoms with van der Waals surface area (Å²) < 4.78 is 17.6. The summed E-state index contributed by atoms with van der Waals surface area (Å²) in [6.45, 7) is 0. The van der Waals surface area contributed by atoms with Gasteiger partial charge in [0.25, 0.3) is 0 Å². The summed E-state index contributed by atoms with van der Waals surface area (Å²) in [5.41, 5.74) is 0. The van der Waals surface area contributed by atoms with Crippen LogP contribution in [0.1, 0.15) is 0 Å². The summed E-state index contributed by atoms with van der Waals surface area (Å²) >= 11 is 3.54. The van der Waals surface area contributed by atoms with E-state index in [9.17, 15) is 0 Å². The minimum absolute atomic E-state index is 0. The Hall–Kier alpha value is 1.26. The van der Waals surface area contributed by atoms with Crippen molar-refractivity contribution < 1.29 is 9.11 Å². The first kappa shape index (κ1) is 9.54. The Kier molecular flexibility index (Phi) is 10.0. The molecule has 0 radical (unpaired) electrons. The molecule has 0 spiro atoms. The van der Waals surface area contributed by atoms with Crippen molar-refractivity contribution in [2.75, 3.05) is 0 Å². The third-order valence-electron chi connectivity index (χ3n) is 0. The minimum atomic E-state index is -2.28. The van der Waals surface area contributed by atoms with E-state index in [1.54, 1.807) is 0 Å². The average Bonchev–Trinajstić information content (AvgIpc) is 0.811. The minimum Gasteiger partial charge on any atom is -0.806 e. The molecule has 0 saturated heterocycles. The second-order valence-electron chi connectivity index (χ2n) is 0.204. The predicted octanol–water partition coefficient (Wildman–Crippen LogP) is -1.05. The second-order valence-corrected chi connectivity index (χ2v) is 1.43. The number of hydrogen-bond donors (Lipinski definition) is 0. The van der Waals surface area contributed by atoms with Gasteiger partial charge in [0, 0.05) is 0 Å². The SMILES string of the molecule is [Mg+2].[O-]S([O-])=S. The van der Waals surface area contributed by atoms with Crippen LogP contribution >= 0.6 is 0 Å². The maximum Gasteiger partial charge on any atom is 2.00 e.